The maximum absolute atomic E-state index is 12.7. The summed E-state index contributed by atoms with van der Waals surface area (Å²) in [5, 5.41) is 3.02. The van der Waals surface area contributed by atoms with Gasteiger partial charge in [0, 0.05) is 31.6 Å². The van der Waals surface area contributed by atoms with Gasteiger partial charge in [0.1, 0.15) is 5.75 Å². The number of amides is 2. The van der Waals surface area contributed by atoms with Gasteiger partial charge in [-0.2, -0.15) is 0 Å². The first kappa shape index (κ1) is 28.3. The summed E-state index contributed by atoms with van der Waals surface area (Å²) in [5.74, 6) is 0.175. The van der Waals surface area contributed by atoms with E-state index in [1.807, 2.05) is 48.5 Å². The van der Waals surface area contributed by atoms with Crippen LogP contribution in [0.2, 0.25) is 0 Å². The molecule has 1 heterocycles. The van der Waals surface area contributed by atoms with Crippen molar-refractivity contribution in [2.24, 2.45) is 0 Å². The summed E-state index contributed by atoms with van der Waals surface area (Å²) in [4.78, 5) is 27.3. The van der Waals surface area contributed by atoms with E-state index in [1.54, 1.807) is 18.2 Å². The molecule has 0 unspecified atom stereocenters. The topological polar surface area (TPSA) is 105 Å². The van der Waals surface area contributed by atoms with Crippen LogP contribution >= 0.6 is 0 Å². The molecule has 0 spiro atoms. The van der Waals surface area contributed by atoms with Crippen molar-refractivity contribution < 1.29 is 22.7 Å². The predicted molar refractivity (Wildman–Crippen MR) is 149 cm³/mol. The zero-order valence-electron chi connectivity index (χ0n) is 22.0. The summed E-state index contributed by atoms with van der Waals surface area (Å²) >= 11 is 0. The highest BCUT2D eigenvalue weighted by Gasteiger charge is 2.19. The van der Waals surface area contributed by atoms with Gasteiger partial charge in [0.05, 0.1) is 18.0 Å². The molecule has 2 amide bonds. The van der Waals surface area contributed by atoms with Crippen LogP contribution in [0.15, 0.2) is 83.8 Å². The minimum atomic E-state index is -3.91. The van der Waals surface area contributed by atoms with E-state index < -0.39 is 15.9 Å². The van der Waals surface area contributed by atoms with Crippen LogP contribution in [0.1, 0.15) is 42.4 Å². The Bertz CT molecular complexity index is 1350. The molecule has 1 aliphatic heterocycles. The van der Waals surface area contributed by atoms with Gasteiger partial charge in [-0.15, -0.1) is 0 Å². The molecule has 8 nitrogen and oxygen atoms in total. The SMILES string of the molecule is O=C1CN(Cc2ccccc2)Cc2cc(CCC(=O)NS(=O)(=O)c3ccccc3)ccc2OCCCCCN1. The third-order valence-corrected chi connectivity index (χ3v) is 7.87. The Hall–Kier alpha value is -3.69. The Balaban J connectivity index is 1.49. The molecule has 2 N–H and O–H groups in total. The Morgan fingerprint density at radius 3 is 2.41 bits per heavy atom. The zero-order valence-corrected chi connectivity index (χ0v) is 22.8. The molecule has 0 aliphatic carbocycles. The van der Waals surface area contributed by atoms with Gasteiger partial charge in [0.15, 0.2) is 0 Å². The second-order valence-corrected chi connectivity index (χ2v) is 11.4. The van der Waals surface area contributed by atoms with Crippen LogP contribution in [0.5, 0.6) is 5.75 Å². The van der Waals surface area contributed by atoms with Gasteiger partial charge in [0.25, 0.3) is 10.0 Å². The molecule has 0 atom stereocenters. The van der Waals surface area contributed by atoms with Crippen molar-refractivity contribution in [3.63, 3.8) is 0 Å². The Kier molecular flexibility index (Phi) is 10.1. The lowest BCUT2D eigenvalue weighted by Gasteiger charge is -2.24. The monoisotopic (exact) mass is 549 g/mol. The van der Waals surface area contributed by atoms with E-state index in [9.17, 15) is 18.0 Å². The van der Waals surface area contributed by atoms with Gasteiger partial charge in [-0.25, -0.2) is 13.1 Å². The number of fused-ring (bicyclic) bond motifs is 1. The highest BCUT2D eigenvalue weighted by molar-refractivity contribution is 7.90. The Morgan fingerprint density at radius 2 is 1.64 bits per heavy atom. The molecule has 0 aromatic heterocycles. The van der Waals surface area contributed by atoms with E-state index in [-0.39, 0.29) is 23.8 Å². The van der Waals surface area contributed by atoms with Crippen molar-refractivity contribution in [3.8, 4) is 5.75 Å². The van der Waals surface area contributed by atoms with Crippen molar-refractivity contribution in [3.05, 3.63) is 95.6 Å². The van der Waals surface area contributed by atoms with Gasteiger partial charge in [-0.3, -0.25) is 14.5 Å². The molecular formula is C30H35N3O5S. The van der Waals surface area contributed by atoms with Crippen LogP contribution in [-0.2, 0) is 39.1 Å². The van der Waals surface area contributed by atoms with Crippen molar-refractivity contribution >= 4 is 21.8 Å². The molecule has 0 radical (unpaired) electrons. The Morgan fingerprint density at radius 1 is 0.897 bits per heavy atom. The zero-order chi connectivity index (χ0) is 27.5. The average Bonchev–Trinajstić information content (AvgIpc) is 2.94. The minimum absolute atomic E-state index is 0.0138. The first-order chi connectivity index (χ1) is 18.9. The van der Waals surface area contributed by atoms with E-state index in [2.05, 4.69) is 14.9 Å². The summed E-state index contributed by atoms with van der Waals surface area (Å²) in [7, 11) is -3.91. The lowest BCUT2D eigenvalue weighted by molar-refractivity contribution is -0.122. The van der Waals surface area contributed by atoms with Gasteiger partial charge in [-0.05, 0) is 55.0 Å². The van der Waals surface area contributed by atoms with Gasteiger partial charge < -0.3 is 10.1 Å². The van der Waals surface area contributed by atoms with Gasteiger partial charge in [-0.1, -0.05) is 60.7 Å². The van der Waals surface area contributed by atoms with E-state index >= 15 is 0 Å². The number of benzene rings is 3. The first-order valence-corrected chi connectivity index (χ1v) is 14.8. The molecule has 0 bridgehead atoms. The van der Waals surface area contributed by atoms with Crippen LogP contribution in [0.25, 0.3) is 0 Å². The number of sulfonamides is 1. The number of aryl methyl sites for hydroxylation is 1. The molecule has 0 saturated heterocycles. The maximum atomic E-state index is 12.7. The number of carbonyl (C=O) groups excluding carboxylic acids is 2. The highest BCUT2D eigenvalue weighted by atomic mass is 32.2. The van der Waals surface area contributed by atoms with E-state index in [1.165, 1.54) is 12.1 Å². The van der Waals surface area contributed by atoms with Crippen LogP contribution in [0.4, 0.5) is 0 Å². The van der Waals surface area contributed by atoms with Crippen molar-refractivity contribution in [1.29, 1.82) is 0 Å². The third kappa shape index (κ3) is 8.94. The number of carbonyl (C=O) groups is 2. The summed E-state index contributed by atoms with van der Waals surface area (Å²) in [6.07, 6.45) is 3.13. The lowest BCUT2D eigenvalue weighted by Crippen LogP contribution is -2.37. The fraction of sp³-hybridized carbons (Fsp3) is 0.333. The third-order valence-electron chi connectivity index (χ3n) is 6.48. The second-order valence-electron chi connectivity index (χ2n) is 9.67. The van der Waals surface area contributed by atoms with Gasteiger partial charge in [0.2, 0.25) is 11.8 Å². The summed E-state index contributed by atoms with van der Waals surface area (Å²) in [5.41, 5.74) is 2.91. The molecule has 0 fully saturated rings. The quantitative estimate of drug-likeness (QED) is 0.465. The number of nitrogens with zero attached hydrogens (tertiary/aromatic N) is 1. The molecule has 3 aromatic carbocycles. The van der Waals surface area contributed by atoms with Gasteiger partial charge >= 0.3 is 0 Å². The number of ether oxygens (including phenoxy) is 1. The second kappa shape index (κ2) is 13.9. The normalized spacial score (nSPS) is 15.4. The fourth-order valence-electron chi connectivity index (χ4n) is 4.49. The minimum Gasteiger partial charge on any atom is -0.493 e. The highest BCUT2D eigenvalue weighted by Crippen LogP contribution is 2.24. The summed E-state index contributed by atoms with van der Waals surface area (Å²) in [6.45, 7) is 2.56. The molecule has 0 saturated carbocycles. The van der Waals surface area contributed by atoms with Crippen LogP contribution in [0, 0.1) is 0 Å². The molecule has 1 aliphatic rings. The Labute approximate surface area is 230 Å². The number of hydrogen-bond acceptors (Lipinski definition) is 6. The molecular weight excluding hydrogens is 514 g/mol. The van der Waals surface area contributed by atoms with E-state index in [0.717, 1.165) is 41.7 Å². The summed E-state index contributed by atoms with van der Waals surface area (Å²) < 4.78 is 33.2. The first-order valence-electron chi connectivity index (χ1n) is 13.3. The largest absolute Gasteiger partial charge is 0.493 e. The smallest absolute Gasteiger partial charge is 0.264 e. The van der Waals surface area contributed by atoms with Crippen LogP contribution in [0.3, 0.4) is 0 Å². The van der Waals surface area contributed by atoms with E-state index in [4.69, 9.17) is 4.74 Å². The number of nitrogens with one attached hydrogen (secondary N) is 2. The predicted octanol–water partition coefficient (Wildman–Crippen LogP) is 3.81. The van der Waals surface area contributed by atoms with Crippen LogP contribution in [-0.4, -0.2) is 44.8 Å². The number of rotatable bonds is 7. The molecule has 3 aromatic rings. The molecule has 206 valence electrons. The van der Waals surface area contributed by atoms with Crippen molar-refractivity contribution in [2.75, 3.05) is 19.7 Å². The molecule has 4 rings (SSSR count). The number of hydrogen-bond donors (Lipinski definition) is 2. The fourth-order valence-corrected chi connectivity index (χ4v) is 5.53. The lowest BCUT2D eigenvalue weighted by atomic mass is 10.0. The molecule has 39 heavy (non-hydrogen) atoms. The summed E-state index contributed by atoms with van der Waals surface area (Å²) in [6, 6.07) is 23.6. The van der Waals surface area contributed by atoms with Crippen molar-refractivity contribution in [1.82, 2.24) is 14.9 Å². The van der Waals surface area contributed by atoms with E-state index in [0.29, 0.717) is 32.7 Å². The standard InChI is InChI=1S/C30H35N3O5S/c34-29(32-39(36,37)27-12-6-2-7-13-27)17-15-24-14-16-28-26(20-24)22-33(21-25-10-4-1-5-11-25)23-30(35)31-18-8-3-9-19-38-28/h1-2,4-7,10-14,16,20H,3,8-9,15,17-19,21-23H2,(H,31,35)(H,32,34). The average molecular weight is 550 g/mol. The maximum Gasteiger partial charge on any atom is 0.264 e. The van der Waals surface area contributed by atoms with Crippen molar-refractivity contribution in [2.45, 2.75) is 50.1 Å². The molecule has 9 heteroatoms. The van der Waals surface area contributed by atoms with Crippen LogP contribution < -0.4 is 14.8 Å².